The Morgan fingerprint density at radius 1 is 1.32 bits per heavy atom. The van der Waals surface area contributed by atoms with Crippen LogP contribution in [0.2, 0.25) is 0 Å². The maximum absolute atomic E-state index is 13.0. The zero-order chi connectivity index (χ0) is 15.9. The van der Waals surface area contributed by atoms with E-state index in [1.807, 2.05) is 0 Å². The van der Waals surface area contributed by atoms with Crippen molar-refractivity contribution in [2.24, 2.45) is 0 Å². The summed E-state index contributed by atoms with van der Waals surface area (Å²) in [5.74, 6) is -0.615. The predicted molar refractivity (Wildman–Crippen MR) is 79.9 cm³/mol. The van der Waals surface area contributed by atoms with Crippen molar-refractivity contribution < 1.29 is 18.7 Å². The van der Waals surface area contributed by atoms with Gasteiger partial charge in [-0.1, -0.05) is 6.07 Å². The third-order valence-electron chi connectivity index (χ3n) is 3.60. The number of piperidine rings is 1. The van der Waals surface area contributed by atoms with Crippen molar-refractivity contribution in [1.29, 1.82) is 0 Å². The smallest absolute Gasteiger partial charge is 0.261 e. The number of carbonyl (C=O) groups excluding carboxylic acids is 2. The lowest BCUT2D eigenvalue weighted by atomic mass is 10.1. The van der Waals surface area contributed by atoms with Crippen LogP contribution in [0.15, 0.2) is 24.3 Å². The zero-order valence-electron chi connectivity index (χ0n) is 12.7. The van der Waals surface area contributed by atoms with Gasteiger partial charge in [0, 0.05) is 19.2 Å². The van der Waals surface area contributed by atoms with Crippen molar-refractivity contribution in [1.82, 2.24) is 10.2 Å². The van der Waals surface area contributed by atoms with Crippen molar-refractivity contribution in [2.75, 3.05) is 19.6 Å². The Morgan fingerprint density at radius 3 is 2.73 bits per heavy atom. The lowest BCUT2D eigenvalue weighted by Crippen LogP contribution is -2.45. The largest absolute Gasteiger partial charge is 0.481 e. The number of carbonyl (C=O) groups is 2. The van der Waals surface area contributed by atoms with Crippen LogP contribution in [0.4, 0.5) is 4.39 Å². The summed E-state index contributed by atoms with van der Waals surface area (Å²) in [4.78, 5) is 25.6. The zero-order valence-corrected chi connectivity index (χ0v) is 12.7. The van der Waals surface area contributed by atoms with Gasteiger partial charge in [0.2, 0.25) is 5.91 Å². The second-order valence-electron chi connectivity index (χ2n) is 5.38. The number of amides is 2. The van der Waals surface area contributed by atoms with E-state index in [9.17, 15) is 14.0 Å². The van der Waals surface area contributed by atoms with Gasteiger partial charge in [0.1, 0.15) is 11.6 Å². The van der Waals surface area contributed by atoms with Crippen LogP contribution in [-0.4, -0.2) is 42.5 Å². The number of hydrogen-bond acceptors (Lipinski definition) is 3. The molecule has 1 aliphatic heterocycles. The molecule has 2 amide bonds. The predicted octanol–water partition coefficient (Wildman–Crippen LogP) is 1.72. The molecule has 1 saturated heterocycles. The third-order valence-corrected chi connectivity index (χ3v) is 3.60. The molecule has 1 aliphatic rings. The number of rotatable bonds is 5. The highest BCUT2D eigenvalue weighted by Gasteiger charge is 2.19. The van der Waals surface area contributed by atoms with E-state index in [2.05, 4.69) is 5.32 Å². The van der Waals surface area contributed by atoms with Crippen LogP contribution in [0.5, 0.6) is 5.75 Å². The second-order valence-corrected chi connectivity index (χ2v) is 5.38. The van der Waals surface area contributed by atoms with Crippen LogP contribution in [-0.2, 0) is 9.59 Å². The number of benzene rings is 1. The van der Waals surface area contributed by atoms with Gasteiger partial charge in [-0.05, 0) is 38.3 Å². The van der Waals surface area contributed by atoms with Crippen molar-refractivity contribution in [3.63, 3.8) is 0 Å². The Morgan fingerprint density at radius 2 is 2.05 bits per heavy atom. The lowest BCUT2D eigenvalue weighted by molar-refractivity contribution is -0.135. The fourth-order valence-corrected chi connectivity index (χ4v) is 2.36. The average molecular weight is 308 g/mol. The number of halogens is 1. The van der Waals surface area contributed by atoms with Crippen LogP contribution in [0, 0.1) is 5.82 Å². The van der Waals surface area contributed by atoms with Crippen molar-refractivity contribution in [3.8, 4) is 5.75 Å². The van der Waals surface area contributed by atoms with Crippen LogP contribution in [0.25, 0.3) is 0 Å². The molecule has 1 aromatic rings. The van der Waals surface area contributed by atoms with E-state index in [0.717, 1.165) is 32.4 Å². The summed E-state index contributed by atoms with van der Waals surface area (Å²) in [5.41, 5.74) is 0. The normalized spacial score (nSPS) is 16.0. The van der Waals surface area contributed by atoms with Crippen molar-refractivity contribution >= 4 is 11.8 Å². The summed E-state index contributed by atoms with van der Waals surface area (Å²) in [7, 11) is 0. The Kier molecular flexibility index (Phi) is 5.75. The van der Waals surface area contributed by atoms with E-state index in [1.54, 1.807) is 17.9 Å². The van der Waals surface area contributed by atoms with Gasteiger partial charge in [-0.25, -0.2) is 4.39 Å². The van der Waals surface area contributed by atoms with Crippen LogP contribution in [0.3, 0.4) is 0 Å². The van der Waals surface area contributed by atoms with Crippen LogP contribution in [0.1, 0.15) is 26.2 Å². The van der Waals surface area contributed by atoms with E-state index < -0.39 is 17.8 Å². The molecule has 1 unspecified atom stereocenters. The molecule has 0 radical (unpaired) electrons. The van der Waals surface area contributed by atoms with Gasteiger partial charge in [0.15, 0.2) is 6.10 Å². The van der Waals surface area contributed by atoms with E-state index in [0.29, 0.717) is 0 Å². The first-order chi connectivity index (χ1) is 10.6. The Bertz CT molecular complexity index is 530. The van der Waals surface area contributed by atoms with Gasteiger partial charge in [-0.3, -0.25) is 9.59 Å². The Labute approximate surface area is 129 Å². The Balaban J connectivity index is 1.77. The summed E-state index contributed by atoms with van der Waals surface area (Å²) >= 11 is 0. The first-order valence-corrected chi connectivity index (χ1v) is 7.54. The molecule has 0 saturated carbocycles. The molecule has 0 spiro atoms. The standard InChI is InChI=1S/C16H21FN2O3/c1-12(22-14-7-5-6-13(17)10-14)16(21)18-11-15(20)19-8-3-2-4-9-19/h5-7,10,12H,2-4,8-9,11H2,1H3,(H,18,21). The molecular formula is C16H21FN2O3. The van der Waals surface area contributed by atoms with Crippen LogP contribution >= 0.6 is 0 Å². The topological polar surface area (TPSA) is 58.6 Å². The fourth-order valence-electron chi connectivity index (χ4n) is 2.36. The molecule has 22 heavy (non-hydrogen) atoms. The van der Waals surface area contributed by atoms with E-state index in [-0.39, 0.29) is 18.2 Å². The molecule has 5 nitrogen and oxygen atoms in total. The highest BCUT2D eigenvalue weighted by atomic mass is 19.1. The first-order valence-electron chi connectivity index (χ1n) is 7.54. The molecular weight excluding hydrogens is 287 g/mol. The minimum Gasteiger partial charge on any atom is -0.481 e. The SMILES string of the molecule is CC(Oc1cccc(F)c1)C(=O)NCC(=O)N1CCCCC1. The van der Waals surface area contributed by atoms with E-state index >= 15 is 0 Å². The van der Waals surface area contributed by atoms with Gasteiger partial charge in [-0.15, -0.1) is 0 Å². The van der Waals surface area contributed by atoms with E-state index in [4.69, 9.17) is 4.74 Å². The molecule has 1 aromatic carbocycles. The second kappa shape index (κ2) is 7.77. The molecule has 0 aromatic heterocycles. The molecule has 0 bridgehead atoms. The quantitative estimate of drug-likeness (QED) is 0.901. The molecule has 1 N–H and O–H groups in total. The Hall–Kier alpha value is -2.11. The van der Waals surface area contributed by atoms with Gasteiger partial charge >= 0.3 is 0 Å². The average Bonchev–Trinajstić information content (AvgIpc) is 2.53. The number of likely N-dealkylation sites (tertiary alicyclic amines) is 1. The highest BCUT2D eigenvalue weighted by molar-refractivity contribution is 5.86. The summed E-state index contributed by atoms with van der Waals surface area (Å²) in [6.07, 6.45) is 2.38. The third kappa shape index (κ3) is 4.72. The number of hydrogen-bond donors (Lipinski definition) is 1. The molecule has 1 atom stereocenters. The summed E-state index contributed by atoms with van der Waals surface area (Å²) in [6.45, 7) is 3.04. The summed E-state index contributed by atoms with van der Waals surface area (Å²) < 4.78 is 18.4. The number of ether oxygens (including phenoxy) is 1. The van der Waals surface area contributed by atoms with Crippen molar-refractivity contribution in [3.05, 3.63) is 30.1 Å². The van der Waals surface area contributed by atoms with E-state index in [1.165, 1.54) is 18.2 Å². The van der Waals surface area contributed by atoms with Gasteiger partial charge in [0.25, 0.3) is 5.91 Å². The van der Waals surface area contributed by atoms with Gasteiger partial charge < -0.3 is 15.0 Å². The maximum atomic E-state index is 13.0. The fraction of sp³-hybridized carbons (Fsp3) is 0.500. The van der Waals surface area contributed by atoms with Crippen molar-refractivity contribution in [2.45, 2.75) is 32.3 Å². The maximum Gasteiger partial charge on any atom is 0.261 e. The summed E-state index contributed by atoms with van der Waals surface area (Å²) in [5, 5.41) is 2.57. The monoisotopic (exact) mass is 308 g/mol. The minimum absolute atomic E-state index is 0.0321. The van der Waals surface area contributed by atoms with Gasteiger partial charge in [0.05, 0.1) is 6.54 Å². The molecule has 1 heterocycles. The van der Waals surface area contributed by atoms with Gasteiger partial charge in [-0.2, -0.15) is 0 Å². The molecule has 1 fully saturated rings. The first kappa shape index (κ1) is 16.3. The summed E-state index contributed by atoms with van der Waals surface area (Å²) in [6, 6.07) is 5.60. The lowest BCUT2D eigenvalue weighted by Gasteiger charge is -2.27. The van der Waals surface area contributed by atoms with Crippen LogP contribution < -0.4 is 10.1 Å². The number of nitrogens with one attached hydrogen (secondary N) is 1. The highest BCUT2D eigenvalue weighted by Crippen LogP contribution is 2.13. The molecule has 120 valence electrons. The number of nitrogens with zero attached hydrogens (tertiary/aromatic N) is 1. The molecule has 2 rings (SSSR count). The molecule has 6 heteroatoms. The molecule has 0 aliphatic carbocycles. The minimum atomic E-state index is -0.795.